The molecule has 0 aliphatic carbocycles. The van der Waals surface area contributed by atoms with Gasteiger partial charge < -0.3 is 0 Å². The number of hydrogen-bond donors (Lipinski definition) is 3. The topological polar surface area (TPSA) is 113 Å². The SMILES string of the molecule is C=C(NNC(=O)c1cc(-c2ccc(CC(C)C)cc2)n[nH]1)c1cccc([N+](=O)[O-])c1. The Hall–Kier alpha value is -3.94. The zero-order chi connectivity index (χ0) is 21.7. The zero-order valence-electron chi connectivity index (χ0n) is 16.8. The van der Waals surface area contributed by atoms with Gasteiger partial charge in [0.25, 0.3) is 11.6 Å². The van der Waals surface area contributed by atoms with Crippen molar-refractivity contribution < 1.29 is 9.72 Å². The molecule has 0 bridgehead atoms. The highest BCUT2D eigenvalue weighted by Gasteiger charge is 2.12. The lowest BCUT2D eigenvalue weighted by atomic mass is 10.0. The first-order valence-electron chi connectivity index (χ1n) is 9.48. The van der Waals surface area contributed by atoms with Crippen LogP contribution in [0.1, 0.15) is 35.5 Å². The first-order valence-corrected chi connectivity index (χ1v) is 9.48. The Morgan fingerprint density at radius 2 is 1.90 bits per heavy atom. The van der Waals surface area contributed by atoms with Crippen molar-refractivity contribution in [3.05, 3.63) is 88.1 Å². The molecule has 30 heavy (non-hydrogen) atoms. The fourth-order valence-electron chi connectivity index (χ4n) is 2.95. The van der Waals surface area contributed by atoms with Gasteiger partial charge in [-0.3, -0.25) is 30.9 Å². The van der Waals surface area contributed by atoms with E-state index >= 15 is 0 Å². The van der Waals surface area contributed by atoms with E-state index in [1.807, 2.05) is 12.1 Å². The molecule has 1 aromatic heterocycles. The minimum atomic E-state index is -0.489. The fraction of sp³-hybridized carbons (Fsp3) is 0.182. The fourth-order valence-corrected chi connectivity index (χ4v) is 2.95. The number of amides is 1. The maximum Gasteiger partial charge on any atom is 0.287 e. The van der Waals surface area contributed by atoms with Crippen molar-refractivity contribution in [2.75, 3.05) is 0 Å². The normalized spacial score (nSPS) is 10.6. The van der Waals surface area contributed by atoms with E-state index in [9.17, 15) is 14.9 Å². The summed E-state index contributed by atoms with van der Waals surface area (Å²) in [5, 5.41) is 17.8. The molecule has 8 heteroatoms. The molecule has 1 heterocycles. The van der Waals surface area contributed by atoms with Gasteiger partial charge in [0.15, 0.2) is 0 Å². The number of rotatable bonds is 8. The van der Waals surface area contributed by atoms with Crippen LogP contribution < -0.4 is 10.9 Å². The Balaban J connectivity index is 1.62. The number of nitro benzene ring substituents is 1. The zero-order valence-corrected chi connectivity index (χ0v) is 16.8. The van der Waals surface area contributed by atoms with Crippen molar-refractivity contribution in [2.24, 2.45) is 5.92 Å². The monoisotopic (exact) mass is 405 g/mol. The standard InChI is InChI=1S/C22H23N5O3/c1-14(2)11-16-7-9-17(10-8-16)20-13-21(25-24-20)22(28)26-23-15(3)18-5-4-6-19(12-18)27(29)30/h4-10,12-14,23H,3,11H2,1-2H3,(H,24,25)(H,26,28). The molecule has 1 amide bonds. The number of carbonyl (C=O) groups is 1. The lowest BCUT2D eigenvalue weighted by Crippen LogP contribution is -2.36. The molecule has 0 spiro atoms. The van der Waals surface area contributed by atoms with Gasteiger partial charge in [-0.1, -0.05) is 56.8 Å². The smallest absolute Gasteiger partial charge is 0.287 e. The third-order valence-electron chi connectivity index (χ3n) is 4.45. The summed E-state index contributed by atoms with van der Waals surface area (Å²) in [5.74, 6) is 0.151. The van der Waals surface area contributed by atoms with Crippen LogP contribution in [0.2, 0.25) is 0 Å². The van der Waals surface area contributed by atoms with Crippen molar-refractivity contribution in [3.63, 3.8) is 0 Å². The minimum Gasteiger partial charge on any atom is -0.298 e. The van der Waals surface area contributed by atoms with Crippen LogP contribution in [0.4, 0.5) is 5.69 Å². The summed E-state index contributed by atoms with van der Waals surface area (Å²) in [4.78, 5) is 22.8. The molecule has 8 nitrogen and oxygen atoms in total. The predicted molar refractivity (Wildman–Crippen MR) is 115 cm³/mol. The summed E-state index contributed by atoms with van der Waals surface area (Å²) in [5.41, 5.74) is 9.05. The molecule has 0 fully saturated rings. The van der Waals surface area contributed by atoms with E-state index in [4.69, 9.17) is 0 Å². The Kier molecular flexibility index (Phi) is 6.26. The molecule has 0 unspecified atom stereocenters. The highest BCUT2D eigenvalue weighted by Crippen LogP contribution is 2.20. The molecular formula is C22H23N5O3. The molecule has 3 rings (SSSR count). The van der Waals surface area contributed by atoms with E-state index in [-0.39, 0.29) is 11.4 Å². The second-order valence-electron chi connectivity index (χ2n) is 7.33. The number of non-ortho nitro benzene ring substituents is 1. The van der Waals surface area contributed by atoms with Gasteiger partial charge in [0.2, 0.25) is 0 Å². The van der Waals surface area contributed by atoms with Crippen LogP contribution in [0.15, 0.2) is 61.2 Å². The van der Waals surface area contributed by atoms with Crippen LogP contribution in [0.25, 0.3) is 17.0 Å². The van der Waals surface area contributed by atoms with E-state index in [1.54, 1.807) is 18.2 Å². The number of hydrogen-bond acceptors (Lipinski definition) is 5. The molecule has 154 valence electrons. The molecule has 0 aliphatic rings. The van der Waals surface area contributed by atoms with Crippen LogP contribution in [-0.4, -0.2) is 21.0 Å². The number of aromatic nitrogens is 2. The Bertz CT molecular complexity index is 1070. The van der Waals surface area contributed by atoms with Gasteiger partial charge in [-0.2, -0.15) is 5.10 Å². The molecule has 0 saturated carbocycles. The molecule has 0 aliphatic heterocycles. The van der Waals surface area contributed by atoms with E-state index in [2.05, 4.69) is 53.6 Å². The van der Waals surface area contributed by atoms with Gasteiger partial charge in [-0.05, 0) is 24.0 Å². The summed E-state index contributed by atoms with van der Waals surface area (Å²) in [7, 11) is 0. The second kappa shape index (κ2) is 9.04. The van der Waals surface area contributed by atoms with Gasteiger partial charge >= 0.3 is 0 Å². The number of benzene rings is 2. The molecule has 0 atom stereocenters. The molecule has 2 aromatic carbocycles. The molecular weight excluding hydrogens is 382 g/mol. The Morgan fingerprint density at radius 3 is 2.57 bits per heavy atom. The summed E-state index contributed by atoms with van der Waals surface area (Å²) in [6.07, 6.45) is 1.01. The number of hydrazine groups is 1. The third kappa shape index (κ3) is 5.11. The summed E-state index contributed by atoms with van der Waals surface area (Å²) in [6.45, 7) is 8.15. The van der Waals surface area contributed by atoms with E-state index in [0.717, 1.165) is 12.0 Å². The predicted octanol–water partition coefficient (Wildman–Crippen LogP) is 4.09. The van der Waals surface area contributed by atoms with Crippen LogP contribution >= 0.6 is 0 Å². The lowest BCUT2D eigenvalue weighted by molar-refractivity contribution is -0.384. The van der Waals surface area contributed by atoms with Gasteiger partial charge in [0.1, 0.15) is 5.69 Å². The Labute approximate surface area is 174 Å². The highest BCUT2D eigenvalue weighted by molar-refractivity contribution is 5.93. The van der Waals surface area contributed by atoms with Crippen molar-refractivity contribution in [2.45, 2.75) is 20.3 Å². The van der Waals surface area contributed by atoms with Crippen LogP contribution in [-0.2, 0) is 6.42 Å². The lowest BCUT2D eigenvalue weighted by Gasteiger charge is -2.10. The van der Waals surface area contributed by atoms with Crippen molar-refractivity contribution in [1.82, 2.24) is 21.0 Å². The molecule has 0 saturated heterocycles. The van der Waals surface area contributed by atoms with Crippen LogP contribution in [0.3, 0.4) is 0 Å². The summed E-state index contributed by atoms with van der Waals surface area (Å²) >= 11 is 0. The van der Waals surface area contributed by atoms with E-state index < -0.39 is 10.8 Å². The number of aromatic amines is 1. The quantitative estimate of drug-likeness (QED) is 0.386. The molecule has 0 radical (unpaired) electrons. The summed E-state index contributed by atoms with van der Waals surface area (Å²) in [6, 6.07) is 15.7. The number of carbonyl (C=O) groups excluding carboxylic acids is 1. The molecule has 3 N–H and O–H groups in total. The van der Waals surface area contributed by atoms with Crippen molar-refractivity contribution >= 4 is 17.3 Å². The number of H-pyrrole nitrogens is 1. The number of nitro groups is 1. The first-order chi connectivity index (χ1) is 14.3. The average molecular weight is 405 g/mol. The third-order valence-corrected chi connectivity index (χ3v) is 4.45. The molecule has 3 aromatic rings. The number of nitrogens with zero attached hydrogens (tertiary/aromatic N) is 2. The van der Waals surface area contributed by atoms with Crippen LogP contribution in [0.5, 0.6) is 0 Å². The van der Waals surface area contributed by atoms with Gasteiger partial charge in [-0.25, -0.2) is 0 Å². The summed E-state index contributed by atoms with van der Waals surface area (Å²) < 4.78 is 0. The highest BCUT2D eigenvalue weighted by atomic mass is 16.6. The Morgan fingerprint density at radius 1 is 1.17 bits per heavy atom. The average Bonchev–Trinajstić information content (AvgIpc) is 3.22. The van der Waals surface area contributed by atoms with Crippen LogP contribution in [0, 0.1) is 16.0 Å². The first kappa shape index (κ1) is 20.8. The van der Waals surface area contributed by atoms with E-state index in [1.165, 1.54) is 17.7 Å². The second-order valence-corrected chi connectivity index (χ2v) is 7.33. The van der Waals surface area contributed by atoms with Crippen molar-refractivity contribution in [3.8, 4) is 11.3 Å². The van der Waals surface area contributed by atoms with Gasteiger partial charge in [-0.15, -0.1) is 0 Å². The maximum absolute atomic E-state index is 12.4. The minimum absolute atomic E-state index is 0.0561. The van der Waals surface area contributed by atoms with E-state index in [0.29, 0.717) is 22.9 Å². The largest absolute Gasteiger partial charge is 0.298 e. The van der Waals surface area contributed by atoms with Crippen molar-refractivity contribution in [1.29, 1.82) is 0 Å². The number of nitrogens with one attached hydrogen (secondary N) is 3. The van der Waals surface area contributed by atoms with Gasteiger partial charge in [0.05, 0.1) is 16.3 Å². The van der Waals surface area contributed by atoms with Gasteiger partial charge in [0, 0.05) is 23.3 Å². The maximum atomic E-state index is 12.4.